The van der Waals surface area contributed by atoms with E-state index in [0.717, 1.165) is 5.56 Å². The van der Waals surface area contributed by atoms with E-state index < -0.39 is 6.04 Å². The zero-order valence-electron chi connectivity index (χ0n) is 9.31. The largest absolute Gasteiger partial charge is 0.374 e. The number of benzene rings is 1. The van der Waals surface area contributed by atoms with E-state index in [2.05, 4.69) is 0 Å². The summed E-state index contributed by atoms with van der Waals surface area (Å²) in [5, 5.41) is 8.38. The monoisotopic (exact) mass is 208 g/mol. The van der Waals surface area contributed by atoms with Gasteiger partial charge in [-0.15, -0.1) is 0 Å². The summed E-state index contributed by atoms with van der Waals surface area (Å²) in [6, 6.07) is 11.2. The highest BCUT2D eigenvalue weighted by Gasteiger charge is 1.98. The van der Waals surface area contributed by atoms with Crippen molar-refractivity contribution in [2.24, 2.45) is 5.73 Å². The van der Waals surface area contributed by atoms with Crippen LogP contribution in [0, 0.1) is 11.3 Å². The van der Waals surface area contributed by atoms with Gasteiger partial charge in [-0.3, -0.25) is 0 Å². The number of ether oxygens (including phenoxy) is 1. The molecule has 0 saturated carbocycles. The van der Waals surface area contributed by atoms with Crippen LogP contribution in [0.5, 0.6) is 0 Å². The average Bonchev–Trinajstić information content (AvgIpc) is 2.33. The summed E-state index contributed by atoms with van der Waals surface area (Å²) in [6.07, 6.45) is 0. The Hall–Kier alpha value is -1.37. The first-order chi connectivity index (χ1) is 7.33. The lowest BCUT2D eigenvalue weighted by atomic mass is 10.2. The van der Waals surface area contributed by atoms with Gasteiger partial charge in [-0.1, -0.05) is 44.2 Å². The fraction of sp³-hybridized carbons (Fsp3) is 0.417. The fourth-order valence-electron chi connectivity index (χ4n) is 0.915. The van der Waals surface area contributed by atoms with Crippen LogP contribution in [-0.4, -0.2) is 12.6 Å². The minimum absolute atomic E-state index is 0. The van der Waals surface area contributed by atoms with E-state index in [4.69, 9.17) is 15.7 Å². The van der Waals surface area contributed by atoms with Crippen molar-refractivity contribution < 1.29 is 6.16 Å². The molecule has 0 aromatic heterocycles. The molecule has 15 heavy (non-hydrogen) atoms. The third-order valence-corrected chi connectivity index (χ3v) is 1.57. The Morgan fingerprint density at radius 1 is 1.40 bits per heavy atom. The van der Waals surface area contributed by atoms with Gasteiger partial charge in [0.1, 0.15) is 6.04 Å². The predicted molar refractivity (Wildman–Crippen MR) is 63.1 cm³/mol. The zero-order chi connectivity index (χ0) is 11.5. The minimum Gasteiger partial charge on any atom is -0.374 e. The van der Waals surface area contributed by atoms with Crippen molar-refractivity contribution in [3.05, 3.63) is 35.9 Å². The molecule has 1 aromatic carbocycles. The molecule has 1 atom stereocenters. The molecule has 1 aromatic rings. The highest BCUT2D eigenvalue weighted by atomic mass is 16.5. The standard InChI is InChI=1S/C10H12N2O.C2H6.H2/c11-6-10(12)8-13-7-9-4-2-1-3-5-9;1-2;/h1-5,10H,7-8,12H2;1-2H3;1H. The molecule has 0 amide bonds. The van der Waals surface area contributed by atoms with Gasteiger partial charge in [0, 0.05) is 1.43 Å². The number of hydrogen-bond acceptors (Lipinski definition) is 3. The Labute approximate surface area is 93.0 Å². The molecule has 3 heteroatoms. The predicted octanol–water partition coefficient (Wildman–Crippen LogP) is 2.33. The van der Waals surface area contributed by atoms with Crippen LogP contribution in [0.2, 0.25) is 0 Å². The van der Waals surface area contributed by atoms with E-state index >= 15 is 0 Å². The number of nitrogens with zero attached hydrogens (tertiary/aromatic N) is 1. The van der Waals surface area contributed by atoms with Crippen molar-refractivity contribution in [2.75, 3.05) is 6.61 Å². The Balaban J connectivity index is 0. The maximum Gasteiger partial charge on any atom is 0.116 e. The summed E-state index contributed by atoms with van der Waals surface area (Å²) in [4.78, 5) is 0. The van der Waals surface area contributed by atoms with E-state index in [-0.39, 0.29) is 8.03 Å². The maximum absolute atomic E-state index is 8.38. The molecule has 0 saturated heterocycles. The minimum atomic E-state index is -0.524. The molecule has 1 unspecified atom stereocenters. The summed E-state index contributed by atoms with van der Waals surface area (Å²) >= 11 is 0. The van der Waals surface area contributed by atoms with E-state index in [1.807, 2.05) is 50.2 Å². The van der Waals surface area contributed by atoms with Crippen LogP contribution in [0.1, 0.15) is 20.8 Å². The third-order valence-electron chi connectivity index (χ3n) is 1.57. The highest BCUT2D eigenvalue weighted by Crippen LogP contribution is 2.00. The number of nitriles is 1. The maximum atomic E-state index is 8.38. The van der Waals surface area contributed by atoms with Crippen LogP contribution in [0.3, 0.4) is 0 Å². The first-order valence-corrected chi connectivity index (χ1v) is 5.10. The van der Waals surface area contributed by atoms with Gasteiger partial charge in [0.15, 0.2) is 0 Å². The molecule has 1 rings (SSSR count). The molecule has 84 valence electrons. The van der Waals surface area contributed by atoms with Gasteiger partial charge >= 0.3 is 0 Å². The van der Waals surface area contributed by atoms with Gasteiger partial charge in [-0.05, 0) is 5.56 Å². The van der Waals surface area contributed by atoms with Crippen molar-refractivity contribution >= 4 is 0 Å². The van der Waals surface area contributed by atoms with Crippen molar-refractivity contribution in [2.45, 2.75) is 26.5 Å². The second kappa shape index (κ2) is 9.20. The van der Waals surface area contributed by atoms with Gasteiger partial charge < -0.3 is 10.5 Å². The first-order valence-electron chi connectivity index (χ1n) is 5.10. The van der Waals surface area contributed by atoms with Crippen LogP contribution in [0.4, 0.5) is 0 Å². The lowest BCUT2D eigenvalue weighted by Gasteiger charge is -2.04. The van der Waals surface area contributed by atoms with Crippen molar-refractivity contribution in [1.29, 1.82) is 5.26 Å². The van der Waals surface area contributed by atoms with Crippen molar-refractivity contribution in [3.63, 3.8) is 0 Å². The Morgan fingerprint density at radius 2 is 2.00 bits per heavy atom. The molecule has 0 aliphatic heterocycles. The van der Waals surface area contributed by atoms with Gasteiger partial charge in [0.2, 0.25) is 0 Å². The summed E-state index contributed by atoms with van der Waals surface area (Å²) in [7, 11) is 0. The molecule has 0 heterocycles. The second-order valence-corrected chi connectivity index (χ2v) is 2.74. The molecular formula is C12H20N2O. The van der Waals surface area contributed by atoms with Crippen LogP contribution in [0.15, 0.2) is 30.3 Å². The topological polar surface area (TPSA) is 59.0 Å². The molecule has 0 aliphatic carbocycles. The van der Waals surface area contributed by atoms with Crippen LogP contribution >= 0.6 is 0 Å². The normalized spacial score (nSPS) is 10.8. The lowest BCUT2D eigenvalue weighted by Crippen LogP contribution is -2.23. The number of nitrogens with two attached hydrogens (primary N) is 1. The fourth-order valence-corrected chi connectivity index (χ4v) is 0.915. The SMILES string of the molecule is CC.N#CC(N)COCc1ccccc1.[HH]. The van der Waals surface area contributed by atoms with Crippen LogP contribution < -0.4 is 5.73 Å². The van der Waals surface area contributed by atoms with E-state index in [0.29, 0.717) is 6.61 Å². The average molecular weight is 208 g/mol. The van der Waals surface area contributed by atoms with Gasteiger partial charge in [0.25, 0.3) is 0 Å². The second-order valence-electron chi connectivity index (χ2n) is 2.74. The smallest absolute Gasteiger partial charge is 0.116 e. The summed E-state index contributed by atoms with van der Waals surface area (Å²) in [6.45, 7) is 4.79. The Kier molecular flexibility index (Phi) is 8.36. The zero-order valence-corrected chi connectivity index (χ0v) is 9.31. The van der Waals surface area contributed by atoms with Crippen LogP contribution in [0.25, 0.3) is 0 Å². The lowest BCUT2D eigenvalue weighted by molar-refractivity contribution is 0.117. The quantitative estimate of drug-likeness (QED) is 0.826. The molecule has 0 radical (unpaired) electrons. The summed E-state index contributed by atoms with van der Waals surface area (Å²) in [5.74, 6) is 0. The number of hydrogen-bond donors (Lipinski definition) is 1. The molecule has 0 spiro atoms. The molecule has 0 aliphatic rings. The number of rotatable bonds is 4. The summed E-state index contributed by atoms with van der Waals surface area (Å²) < 4.78 is 5.22. The Morgan fingerprint density at radius 3 is 2.53 bits per heavy atom. The third kappa shape index (κ3) is 6.67. The van der Waals surface area contributed by atoms with Gasteiger partial charge in [-0.2, -0.15) is 5.26 Å². The molecular weight excluding hydrogens is 188 g/mol. The van der Waals surface area contributed by atoms with E-state index in [9.17, 15) is 0 Å². The van der Waals surface area contributed by atoms with E-state index in [1.165, 1.54) is 0 Å². The highest BCUT2D eigenvalue weighted by molar-refractivity contribution is 5.13. The van der Waals surface area contributed by atoms with Crippen molar-refractivity contribution in [1.82, 2.24) is 0 Å². The van der Waals surface area contributed by atoms with Gasteiger partial charge in [0.05, 0.1) is 19.3 Å². The van der Waals surface area contributed by atoms with Gasteiger partial charge in [-0.25, -0.2) is 0 Å². The molecule has 0 fully saturated rings. The molecule has 2 N–H and O–H groups in total. The molecule has 0 bridgehead atoms. The Bertz CT molecular complexity index is 285. The van der Waals surface area contributed by atoms with E-state index in [1.54, 1.807) is 0 Å². The van der Waals surface area contributed by atoms with Crippen LogP contribution in [-0.2, 0) is 11.3 Å². The summed E-state index contributed by atoms with van der Waals surface area (Å²) in [5.41, 5.74) is 6.44. The molecule has 3 nitrogen and oxygen atoms in total. The van der Waals surface area contributed by atoms with Crippen molar-refractivity contribution in [3.8, 4) is 6.07 Å². The first kappa shape index (κ1) is 13.6.